The van der Waals surface area contributed by atoms with Crippen molar-refractivity contribution >= 4 is 33.4 Å². The molecule has 0 unspecified atom stereocenters. The summed E-state index contributed by atoms with van der Waals surface area (Å²) in [5.74, 6) is 0.952. The van der Waals surface area contributed by atoms with Crippen molar-refractivity contribution in [2.45, 2.75) is 5.75 Å². The van der Waals surface area contributed by atoms with E-state index in [-0.39, 0.29) is 0 Å². The van der Waals surface area contributed by atoms with Crippen molar-refractivity contribution in [2.75, 3.05) is 12.8 Å². The maximum Gasteiger partial charge on any atom is 0.0314 e. The normalized spacial score (nSPS) is 10.9. The van der Waals surface area contributed by atoms with Crippen LogP contribution in [-0.2, 0) is 5.75 Å². The highest BCUT2D eigenvalue weighted by atomic mass is 79.9. The lowest BCUT2D eigenvalue weighted by Crippen LogP contribution is -1.90. The third-order valence-electron chi connectivity index (χ3n) is 2.83. The molecule has 4 heteroatoms. The second-order valence-corrected chi connectivity index (χ2v) is 6.09. The molecule has 0 heterocycles. The lowest BCUT2D eigenvalue weighted by Gasteiger charge is -2.08. The van der Waals surface area contributed by atoms with Gasteiger partial charge in [-0.05, 0) is 46.4 Å². The molecule has 0 aliphatic rings. The number of halogens is 1. The monoisotopic (exact) mass is 348 g/mol. The van der Waals surface area contributed by atoms with Crippen LogP contribution in [-0.4, -0.2) is 7.05 Å². The Morgan fingerprint density at radius 1 is 1.20 bits per heavy atom. The zero-order valence-corrected chi connectivity index (χ0v) is 13.7. The summed E-state index contributed by atoms with van der Waals surface area (Å²) in [6, 6.07) is 14.4. The first kappa shape index (κ1) is 15.0. The van der Waals surface area contributed by atoms with Crippen molar-refractivity contribution in [3.63, 3.8) is 0 Å². The van der Waals surface area contributed by atoms with E-state index in [9.17, 15) is 0 Å². The van der Waals surface area contributed by atoms with Gasteiger partial charge in [-0.25, -0.2) is 0 Å². The summed E-state index contributed by atoms with van der Waals surface area (Å²) in [6.07, 6.45) is 1.93. The highest BCUT2D eigenvalue weighted by molar-refractivity contribution is 9.10. The van der Waals surface area contributed by atoms with E-state index in [1.807, 2.05) is 37.5 Å². The van der Waals surface area contributed by atoms with Crippen LogP contribution in [0.5, 0.6) is 0 Å². The topological polar surface area (TPSA) is 38.0 Å². The standard InChI is InChI=1S/C16H17BrN2S/c1-19-8-9-20-11-12-2-7-16(17)15(10-12)13-3-5-14(18)6-4-13/h2-10,19H,11,18H2,1H3/b9-8-. The predicted octanol–water partition coefficient (Wildman–Crippen LogP) is 4.62. The van der Waals surface area contributed by atoms with Crippen LogP contribution >= 0.6 is 27.7 Å². The quantitative estimate of drug-likeness (QED) is 0.774. The molecule has 0 radical (unpaired) electrons. The predicted molar refractivity (Wildman–Crippen MR) is 93.5 cm³/mol. The van der Waals surface area contributed by atoms with Crippen molar-refractivity contribution in [3.8, 4) is 11.1 Å². The molecule has 2 nitrogen and oxygen atoms in total. The summed E-state index contributed by atoms with van der Waals surface area (Å²) in [5, 5.41) is 5.05. The Morgan fingerprint density at radius 3 is 2.65 bits per heavy atom. The Kier molecular flexibility index (Phi) is 5.56. The number of thioether (sulfide) groups is 1. The number of nitrogen functional groups attached to an aromatic ring is 1. The summed E-state index contributed by atoms with van der Waals surface area (Å²) < 4.78 is 1.10. The van der Waals surface area contributed by atoms with Gasteiger partial charge in [-0.1, -0.05) is 34.1 Å². The minimum absolute atomic E-state index is 0.786. The average Bonchev–Trinajstić information content (AvgIpc) is 2.46. The van der Waals surface area contributed by atoms with Gasteiger partial charge in [-0.15, -0.1) is 11.8 Å². The van der Waals surface area contributed by atoms with E-state index in [1.165, 1.54) is 16.7 Å². The maximum atomic E-state index is 5.74. The Morgan fingerprint density at radius 2 is 1.95 bits per heavy atom. The Hall–Kier alpha value is -1.39. The summed E-state index contributed by atoms with van der Waals surface area (Å²) in [4.78, 5) is 0. The van der Waals surface area contributed by atoms with Gasteiger partial charge in [0.1, 0.15) is 0 Å². The Bertz CT molecular complexity index is 594. The third-order valence-corrected chi connectivity index (χ3v) is 4.35. The molecular weight excluding hydrogens is 332 g/mol. The van der Waals surface area contributed by atoms with Crippen LogP contribution in [0, 0.1) is 0 Å². The van der Waals surface area contributed by atoms with Crippen molar-refractivity contribution in [2.24, 2.45) is 0 Å². The lowest BCUT2D eigenvalue weighted by atomic mass is 10.0. The first-order valence-corrected chi connectivity index (χ1v) is 8.13. The second-order valence-electron chi connectivity index (χ2n) is 4.34. The molecule has 2 aromatic rings. The lowest BCUT2D eigenvalue weighted by molar-refractivity contribution is 1.11. The molecule has 2 rings (SSSR count). The molecule has 0 fully saturated rings. The number of hydrogen-bond acceptors (Lipinski definition) is 3. The molecule has 20 heavy (non-hydrogen) atoms. The van der Waals surface area contributed by atoms with Crippen LogP contribution in [0.25, 0.3) is 11.1 Å². The van der Waals surface area contributed by atoms with Crippen LogP contribution in [0.2, 0.25) is 0 Å². The van der Waals surface area contributed by atoms with Gasteiger partial charge in [0.2, 0.25) is 0 Å². The fourth-order valence-electron chi connectivity index (χ4n) is 1.81. The van der Waals surface area contributed by atoms with Crippen molar-refractivity contribution in [3.05, 3.63) is 64.1 Å². The van der Waals surface area contributed by atoms with Gasteiger partial charge in [-0.3, -0.25) is 0 Å². The van der Waals surface area contributed by atoms with Gasteiger partial charge in [0.15, 0.2) is 0 Å². The number of nitrogens with one attached hydrogen (secondary N) is 1. The molecule has 0 spiro atoms. The van der Waals surface area contributed by atoms with Crippen LogP contribution in [0.3, 0.4) is 0 Å². The third kappa shape index (κ3) is 4.05. The average molecular weight is 349 g/mol. The summed E-state index contributed by atoms with van der Waals surface area (Å²) in [7, 11) is 1.90. The molecule has 0 amide bonds. The minimum atomic E-state index is 0.786. The zero-order valence-electron chi connectivity index (χ0n) is 11.3. The van der Waals surface area contributed by atoms with Crippen LogP contribution < -0.4 is 11.1 Å². The fraction of sp³-hybridized carbons (Fsp3) is 0.125. The highest BCUT2D eigenvalue weighted by Gasteiger charge is 2.04. The first-order chi connectivity index (χ1) is 9.70. The molecule has 2 aromatic carbocycles. The largest absolute Gasteiger partial charge is 0.399 e. The molecule has 0 bridgehead atoms. The minimum Gasteiger partial charge on any atom is -0.399 e. The smallest absolute Gasteiger partial charge is 0.0314 e. The molecule has 0 aliphatic carbocycles. The van der Waals surface area contributed by atoms with Gasteiger partial charge in [0.05, 0.1) is 0 Å². The molecule has 0 saturated heterocycles. The van der Waals surface area contributed by atoms with E-state index in [0.29, 0.717) is 0 Å². The van der Waals surface area contributed by atoms with E-state index in [1.54, 1.807) is 11.8 Å². The van der Waals surface area contributed by atoms with Crippen molar-refractivity contribution < 1.29 is 0 Å². The fourth-order valence-corrected chi connectivity index (χ4v) is 2.98. The number of anilines is 1. The van der Waals surface area contributed by atoms with E-state index in [0.717, 1.165) is 15.9 Å². The molecule has 0 atom stereocenters. The van der Waals surface area contributed by atoms with Crippen molar-refractivity contribution in [1.29, 1.82) is 0 Å². The van der Waals surface area contributed by atoms with Gasteiger partial charge < -0.3 is 11.1 Å². The summed E-state index contributed by atoms with van der Waals surface area (Å²) in [5.41, 5.74) is 10.2. The molecule has 0 aromatic heterocycles. The second kappa shape index (κ2) is 7.41. The SMILES string of the molecule is CN/C=C\SCc1ccc(Br)c(-c2ccc(N)cc2)c1. The Labute approximate surface area is 132 Å². The highest BCUT2D eigenvalue weighted by Crippen LogP contribution is 2.30. The van der Waals surface area contributed by atoms with Gasteiger partial charge in [0.25, 0.3) is 0 Å². The molecule has 104 valence electrons. The van der Waals surface area contributed by atoms with E-state index >= 15 is 0 Å². The van der Waals surface area contributed by atoms with E-state index in [2.05, 4.69) is 44.9 Å². The van der Waals surface area contributed by atoms with E-state index in [4.69, 9.17) is 5.73 Å². The zero-order chi connectivity index (χ0) is 14.4. The van der Waals surface area contributed by atoms with Crippen LogP contribution in [0.1, 0.15) is 5.56 Å². The van der Waals surface area contributed by atoms with Crippen LogP contribution in [0.15, 0.2) is 58.5 Å². The maximum absolute atomic E-state index is 5.74. The first-order valence-electron chi connectivity index (χ1n) is 6.29. The van der Waals surface area contributed by atoms with Crippen LogP contribution in [0.4, 0.5) is 5.69 Å². The van der Waals surface area contributed by atoms with Crippen molar-refractivity contribution in [1.82, 2.24) is 5.32 Å². The van der Waals surface area contributed by atoms with Gasteiger partial charge >= 0.3 is 0 Å². The number of nitrogens with two attached hydrogens (primary N) is 1. The summed E-state index contributed by atoms with van der Waals surface area (Å²) in [6.45, 7) is 0. The molecular formula is C16H17BrN2S. The van der Waals surface area contributed by atoms with E-state index < -0.39 is 0 Å². The molecule has 3 N–H and O–H groups in total. The Balaban J connectivity index is 2.20. The number of rotatable bonds is 5. The number of benzene rings is 2. The molecule has 0 saturated carbocycles. The summed E-state index contributed by atoms with van der Waals surface area (Å²) >= 11 is 5.38. The number of hydrogen-bond donors (Lipinski definition) is 2. The van der Waals surface area contributed by atoms with Gasteiger partial charge in [-0.2, -0.15) is 0 Å². The molecule has 0 aliphatic heterocycles. The van der Waals surface area contributed by atoms with Gasteiger partial charge in [0, 0.05) is 29.2 Å².